The smallest absolute Gasteiger partial charge is 0.0841 e. The highest BCUT2D eigenvalue weighted by Gasteiger charge is 2.19. The zero-order chi connectivity index (χ0) is 3.70. The van der Waals surface area contributed by atoms with Gasteiger partial charge in [-0.1, -0.05) is 25.5 Å². The Balaban J connectivity index is 2.00. The molecule has 0 aliphatic carbocycles. The molecule has 0 nitrogen and oxygen atoms in total. The molecule has 1 aliphatic heterocycles. The predicted molar refractivity (Wildman–Crippen MR) is 24.6 cm³/mol. The third-order valence-electron chi connectivity index (χ3n) is 1.09. The van der Waals surface area contributed by atoms with E-state index in [1.807, 2.05) is 0 Å². The van der Waals surface area contributed by atoms with Crippen LogP contribution in [0.3, 0.4) is 0 Å². The van der Waals surface area contributed by atoms with Crippen LogP contribution in [0.4, 0.5) is 0 Å². The first-order valence-corrected chi connectivity index (χ1v) is 2.27. The lowest BCUT2D eigenvalue weighted by atomic mass is 10.0. The predicted octanol–water partition coefficient (Wildman–Crippen LogP) is 1.32. The maximum atomic E-state index is 2.35. The molecule has 0 saturated carbocycles. The van der Waals surface area contributed by atoms with E-state index in [-0.39, 0.29) is 0 Å². The summed E-state index contributed by atoms with van der Waals surface area (Å²) in [5.74, 6) is 1.01. The topological polar surface area (TPSA) is 0 Å². The van der Waals surface area contributed by atoms with Crippen LogP contribution in [0, 0.1) is 0 Å². The molecule has 1 aliphatic rings. The summed E-state index contributed by atoms with van der Waals surface area (Å²) in [5, 5.41) is 0. The number of hydrogen-bond acceptors (Lipinski definition) is 0. The molecule has 1 heterocycles. The molecule has 0 bridgehead atoms. The first-order chi connectivity index (χ1) is 2.43. The van der Waals surface area contributed by atoms with Crippen LogP contribution >= 0.6 is 0 Å². The normalized spacial score (nSPS) is 32.6. The van der Waals surface area contributed by atoms with Crippen LogP contribution in [-0.4, -0.2) is 7.28 Å². The van der Waals surface area contributed by atoms with Gasteiger partial charge in [-0.05, 0) is 0 Å². The van der Waals surface area contributed by atoms with E-state index in [1.54, 1.807) is 0 Å². The Morgan fingerprint density at radius 3 is 2.60 bits per heavy atom. The van der Waals surface area contributed by atoms with Crippen LogP contribution in [0.25, 0.3) is 0 Å². The molecule has 1 rings (SSSR count). The highest BCUT2D eigenvalue weighted by Crippen LogP contribution is 2.29. The molecule has 1 saturated heterocycles. The van der Waals surface area contributed by atoms with Crippen LogP contribution in [0.2, 0.25) is 12.1 Å². The van der Waals surface area contributed by atoms with Gasteiger partial charge in [0.05, 0.1) is 0 Å². The molecule has 1 radical (unpaired) electrons. The minimum Gasteiger partial charge on any atom is -0.0841 e. The average Bonchev–Trinajstić information content (AvgIpc) is 2.12. The summed E-state index contributed by atoms with van der Waals surface area (Å²) in [7, 11) is 2.35. The lowest BCUT2D eigenvalue weighted by molar-refractivity contribution is 0.959. The minimum absolute atomic E-state index is 1.01. The molecular formula is C4H8B. The van der Waals surface area contributed by atoms with Gasteiger partial charge in [-0.3, -0.25) is 0 Å². The summed E-state index contributed by atoms with van der Waals surface area (Å²) < 4.78 is 0. The van der Waals surface area contributed by atoms with Crippen molar-refractivity contribution in [3.8, 4) is 0 Å². The highest BCUT2D eigenvalue weighted by molar-refractivity contribution is 6.50. The van der Waals surface area contributed by atoms with Gasteiger partial charge >= 0.3 is 0 Å². The Labute approximate surface area is 33.8 Å². The van der Waals surface area contributed by atoms with Crippen molar-refractivity contribution >= 4 is 7.28 Å². The molecule has 0 aromatic rings. The fraction of sp³-hybridized carbons (Fsp3) is 1.00. The molecule has 0 amide bonds. The van der Waals surface area contributed by atoms with Crippen molar-refractivity contribution in [2.24, 2.45) is 0 Å². The first-order valence-electron chi connectivity index (χ1n) is 2.27. The molecule has 27 valence electrons. The van der Waals surface area contributed by atoms with Crippen molar-refractivity contribution in [1.82, 2.24) is 0 Å². The fourth-order valence-corrected chi connectivity index (χ4v) is 0.430. The van der Waals surface area contributed by atoms with Crippen molar-refractivity contribution in [1.29, 1.82) is 0 Å². The second-order valence-corrected chi connectivity index (χ2v) is 1.64. The molecule has 0 aromatic heterocycles. The second kappa shape index (κ2) is 1.04. The number of hydrogen-bond donors (Lipinski definition) is 0. The molecule has 0 aromatic carbocycles. The minimum atomic E-state index is 1.01. The lowest BCUT2D eigenvalue weighted by Gasteiger charge is -1.74. The maximum absolute atomic E-state index is 2.35. The monoisotopic (exact) mass is 67.1 g/mol. The number of rotatable bonds is 1. The summed E-state index contributed by atoms with van der Waals surface area (Å²) in [6.45, 7) is 2.23. The van der Waals surface area contributed by atoms with Crippen LogP contribution < -0.4 is 0 Å². The van der Waals surface area contributed by atoms with Gasteiger partial charge in [-0.15, -0.1) is 0 Å². The van der Waals surface area contributed by atoms with E-state index in [2.05, 4.69) is 14.2 Å². The van der Waals surface area contributed by atoms with Crippen LogP contribution in [0.15, 0.2) is 0 Å². The van der Waals surface area contributed by atoms with Gasteiger partial charge in [0.25, 0.3) is 0 Å². The van der Waals surface area contributed by atoms with Gasteiger partial charge < -0.3 is 0 Å². The molecule has 0 N–H and O–H groups in total. The summed E-state index contributed by atoms with van der Waals surface area (Å²) in [5.41, 5.74) is 0. The molecule has 1 heteroatoms. The second-order valence-electron chi connectivity index (χ2n) is 1.64. The third-order valence-corrected chi connectivity index (χ3v) is 1.09. The van der Waals surface area contributed by atoms with Crippen molar-refractivity contribution < 1.29 is 0 Å². The lowest BCUT2D eigenvalue weighted by Crippen LogP contribution is -1.56. The summed E-state index contributed by atoms with van der Waals surface area (Å²) >= 11 is 0. The van der Waals surface area contributed by atoms with Gasteiger partial charge in [0.1, 0.15) is 7.28 Å². The Morgan fingerprint density at radius 1 is 2.00 bits per heavy atom. The van der Waals surface area contributed by atoms with E-state index < -0.39 is 0 Å². The first kappa shape index (κ1) is 3.26. The van der Waals surface area contributed by atoms with E-state index in [0.717, 1.165) is 5.82 Å². The Morgan fingerprint density at radius 2 is 2.60 bits per heavy atom. The Bertz CT molecular complexity index is 30.6. The average molecular weight is 66.9 g/mol. The molecule has 5 heavy (non-hydrogen) atoms. The molecule has 1 fully saturated rings. The van der Waals surface area contributed by atoms with E-state index in [4.69, 9.17) is 0 Å². The van der Waals surface area contributed by atoms with Gasteiger partial charge in [-0.25, -0.2) is 0 Å². The molecule has 0 unspecified atom stereocenters. The van der Waals surface area contributed by atoms with Crippen LogP contribution in [-0.2, 0) is 0 Å². The summed E-state index contributed by atoms with van der Waals surface area (Å²) in [6.07, 6.45) is 2.75. The quantitative estimate of drug-likeness (QED) is 0.405. The fourth-order valence-electron chi connectivity index (χ4n) is 0.430. The Hall–Kier alpha value is 0.0649. The summed E-state index contributed by atoms with van der Waals surface area (Å²) in [6, 6.07) is 0. The van der Waals surface area contributed by atoms with Crippen molar-refractivity contribution in [3.63, 3.8) is 0 Å². The van der Waals surface area contributed by atoms with E-state index in [9.17, 15) is 0 Å². The van der Waals surface area contributed by atoms with Crippen molar-refractivity contribution in [3.05, 3.63) is 0 Å². The SMILES string of the molecule is CC[C@@H]1[B]C1. The van der Waals surface area contributed by atoms with Gasteiger partial charge in [0, 0.05) is 0 Å². The van der Waals surface area contributed by atoms with Gasteiger partial charge in [0.2, 0.25) is 0 Å². The standard InChI is InChI=1S/C4H8B/c1-2-4-3-5-4/h4H,2-3H2,1H3/t4-/m0/s1. The molecule has 0 spiro atoms. The third kappa shape index (κ3) is 0.676. The van der Waals surface area contributed by atoms with Gasteiger partial charge in [-0.2, -0.15) is 0 Å². The van der Waals surface area contributed by atoms with E-state index in [1.165, 1.54) is 12.7 Å². The largest absolute Gasteiger partial charge is 0.112 e. The Kier molecular flexibility index (Phi) is 0.677. The van der Waals surface area contributed by atoms with Crippen molar-refractivity contribution in [2.75, 3.05) is 0 Å². The highest BCUT2D eigenvalue weighted by atomic mass is 14.0. The zero-order valence-electron chi connectivity index (χ0n) is 3.57. The molecular weight excluding hydrogens is 58.9 g/mol. The van der Waals surface area contributed by atoms with Crippen LogP contribution in [0.1, 0.15) is 13.3 Å². The maximum Gasteiger partial charge on any atom is 0.112 e. The van der Waals surface area contributed by atoms with Crippen LogP contribution in [0.5, 0.6) is 0 Å². The van der Waals surface area contributed by atoms with E-state index >= 15 is 0 Å². The van der Waals surface area contributed by atoms with Gasteiger partial charge in [0.15, 0.2) is 0 Å². The summed E-state index contributed by atoms with van der Waals surface area (Å²) in [4.78, 5) is 0. The van der Waals surface area contributed by atoms with Crippen molar-refractivity contribution in [2.45, 2.75) is 25.5 Å². The van der Waals surface area contributed by atoms with E-state index in [0.29, 0.717) is 0 Å². The zero-order valence-corrected chi connectivity index (χ0v) is 3.57. The molecule has 1 atom stereocenters.